The van der Waals surface area contributed by atoms with Crippen LogP contribution in [0.15, 0.2) is 42.5 Å². The quantitative estimate of drug-likeness (QED) is 0.852. The highest BCUT2D eigenvalue weighted by Gasteiger charge is 2.22. The van der Waals surface area contributed by atoms with E-state index in [9.17, 15) is 9.90 Å². The van der Waals surface area contributed by atoms with Gasteiger partial charge in [0.25, 0.3) is 0 Å². The summed E-state index contributed by atoms with van der Waals surface area (Å²) in [4.78, 5) is 11.4. The lowest BCUT2D eigenvalue weighted by atomic mass is 10.1. The van der Waals surface area contributed by atoms with Crippen molar-refractivity contribution in [1.29, 1.82) is 0 Å². The van der Waals surface area contributed by atoms with Crippen molar-refractivity contribution in [3.8, 4) is 5.75 Å². The van der Waals surface area contributed by atoms with Gasteiger partial charge in [-0.15, -0.1) is 0 Å². The number of hydrogen-bond donors (Lipinski definition) is 1. The van der Waals surface area contributed by atoms with Crippen LogP contribution in [0.25, 0.3) is 0 Å². The fourth-order valence-corrected chi connectivity index (χ4v) is 2.36. The average Bonchev–Trinajstić information content (AvgIpc) is 2.45. The fourth-order valence-electron chi connectivity index (χ4n) is 1.78. The lowest BCUT2D eigenvalue weighted by Gasteiger charge is -2.17. The van der Waals surface area contributed by atoms with Crippen molar-refractivity contribution in [2.75, 3.05) is 0 Å². The maximum Gasteiger partial charge on any atom is 0.345 e. The number of carbonyl (C=O) groups is 1. The van der Waals surface area contributed by atoms with Crippen LogP contribution in [0.5, 0.6) is 5.75 Å². The largest absolute Gasteiger partial charge is 0.478 e. The Labute approximate surface area is 137 Å². The van der Waals surface area contributed by atoms with Crippen LogP contribution in [0, 0.1) is 0 Å². The molecule has 0 aliphatic carbocycles. The minimum absolute atomic E-state index is 0.0833. The topological polar surface area (TPSA) is 46.5 Å². The molecule has 0 fully saturated rings. The third kappa shape index (κ3) is 4.03. The van der Waals surface area contributed by atoms with Crippen LogP contribution >= 0.6 is 34.8 Å². The SMILES string of the molecule is O=C(O)[C@H](Cc1cccc(Cl)c1Cl)Oc1ccccc1Cl. The van der Waals surface area contributed by atoms with Gasteiger partial charge in [-0.05, 0) is 23.8 Å². The number of aliphatic carboxylic acids is 1. The summed E-state index contributed by atoms with van der Waals surface area (Å²) in [5.74, 6) is -0.796. The predicted molar refractivity (Wildman–Crippen MR) is 83.7 cm³/mol. The fraction of sp³-hybridized carbons (Fsp3) is 0.133. The maximum absolute atomic E-state index is 11.4. The molecule has 0 saturated heterocycles. The van der Waals surface area contributed by atoms with E-state index < -0.39 is 12.1 Å². The number of carboxylic acids is 1. The third-order valence-electron chi connectivity index (χ3n) is 2.82. The van der Waals surface area contributed by atoms with Gasteiger partial charge in [0.2, 0.25) is 0 Å². The van der Waals surface area contributed by atoms with E-state index in [0.717, 1.165) is 0 Å². The van der Waals surface area contributed by atoms with Crippen molar-refractivity contribution in [3.63, 3.8) is 0 Å². The average molecular weight is 346 g/mol. The van der Waals surface area contributed by atoms with Gasteiger partial charge in [0.1, 0.15) is 5.75 Å². The van der Waals surface area contributed by atoms with E-state index in [4.69, 9.17) is 39.5 Å². The molecule has 0 unspecified atom stereocenters. The summed E-state index contributed by atoms with van der Waals surface area (Å²) < 4.78 is 5.47. The molecule has 0 bridgehead atoms. The van der Waals surface area contributed by atoms with Crippen LogP contribution in [0.2, 0.25) is 15.1 Å². The summed E-state index contributed by atoms with van der Waals surface area (Å²) in [6, 6.07) is 11.7. The molecule has 2 rings (SSSR count). The number of halogens is 3. The van der Waals surface area contributed by atoms with Gasteiger partial charge in [-0.3, -0.25) is 0 Å². The highest BCUT2D eigenvalue weighted by Crippen LogP contribution is 2.29. The number of para-hydroxylation sites is 1. The van der Waals surface area contributed by atoms with Crippen LogP contribution in [-0.2, 0) is 11.2 Å². The summed E-state index contributed by atoms with van der Waals surface area (Å²) in [6.45, 7) is 0. The second-order valence-electron chi connectivity index (χ2n) is 4.29. The van der Waals surface area contributed by atoms with Crippen molar-refractivity contribution in [1.82, 2.24) is 0 Å². The maximum atomic E-state index is 11.4. The minimum atomic E-state index is -1.11. The van der Waals surface area contributed by atoms with Crippen molar-refractivity contribution < 1.29 is 14.6 Å². The van der Waals surface area contributed by atoms with E-state index in [-0.39, 0.29) is 6.42 Å². The van der Waals surface area contributed by atoms with Gasteiger partial charge < -0.3 is 9.84 Å². The summed E-state index contributed by atoms with van der Waals surface area (Å²) in [6.07, 6.45) is -1.03. The highest BCUT2D eigenvalue weighted by atomic mass is 35.5. The number of hydrogen-bond acceptors (Lipinski definition) is 2. The van der Waals surface area contributed by atoms with Crippen molar-refractivity contribution in [2.45, 2.75) is 12.5 Å². The van der Waals surface area contributed by atoms with E-state index >= 15 is 0 Å². The molecule has 6 heteroatoms. The zero-order valence-electron chi connectivity index (χ0n) is 10.7. The van der Waals surface area contributed by atoms with Crippen molar-refractivity contribution in [2.24, 2.45) is 0 Å². The normalized spacial score (nSPS) is 12.0. The predicted octanol–water partition coefficient (Wildman–Crippen LogP) is 4.72. The first kappa shape index (κ1) is 16.0. The number of rotatable bonds is 5. The molecule has 0 amide bonds. The zero-order valence-corrected chi connectivity index (χ0v) is 13.0. The lowest BCUT2D eigenvalue weighted by Crippen LogP contribution is -2.29. The van der Waals surface area contributed by atoms with E-state index in [1.165, 1.54) is 0 Å². The van der Waals surface area contributed by atoms with Gasteiger partial charge in [0.05, 0.1) is 15.1 Å². The molecule has 0 aromatic heterocycles. The summed E-state index contributed by atoms with van der Waals surface area (Å²) in [7, 11) is 0. The minimum Gasteiger partial charge on any atom is -0.478 e. The molecular formula is C15H11Cl3O3. The molecule has 21 heavy (non-hydrogen) atoms. The molecule has 2 aromatic carbocycles. The molecule has 0 aliphatic rings. The Hall–Kier alpha value is -1.42. The summed E-state index contributed by atoms with van der Waals surface area (Å²) in [5.41, 5.74) is 0.601. The molecule has 0 heterocycles. The third-order valence-corrected chi connectivity index (χ3v) is 3.99. The zero-order chi connectivity index (χ0) is 15.4. The van der Waals surface area contributed by atoms with E-state index in [1.807, 2.05) is 0 Å². The molecule has 0 radical (unpaired) electrons. The standard InChI is InChI=1S/C15H11Cl3O3/c16-10-5-1-2-7-12(10)21-13(15(19)20)8-9-4-3-6-11(17)14(9)18/h1-7,13H,8H2,(H,19,20)/t13-/m0/s1. The van der Waals surface area contributed by atoms with Gasteiger partial charge >= 0.3 is 5.97 Å². The van der Waals surface area contributed by atoms with Crippen LogP contribution < -0.4 is 4.74 Å². The number of ether oxygens (including phenoxy) is 1. The number of benzene rings is 2. The van der Waals surface area contributed by atoms with Gasteiger partial charge in [0.15, 0.2) is 6.10 Å². The van der Waals surface area contributed by atoms with Gasteiger partial charge in [-0.1, -0.05) is 59.1 Å². The Bertz CT molecular complexity index is 658. The van der Waals surface area contributed by atoms with Crippen molar-refractivity contribution in [3.05, 3.63) is 63.1 Å². The monoisotopic (exact) mass is 344 g/mol. The van der Waals surface area contributed by atoms with Crippen molar-refractivity contribution >= 4 is 40.8 Å². The first-order valence-electron chi connectivity index (χ1n) is 6.06. The molecular weight excluding hydrogens is 335 g/mol. The second-order valence-corrected chi connectivity index (χ2v) is 5.48. The Morgan fingerprint density at radius 3 is 2.38 bits per heavy atom. The van der Waals surface area contributed by atoms with E-state index in [0.29, 0.717) is 26.4 Å². The molecule has 0 spiro atoms. The van der Waals surface area contributed by atoms with E-state index in [2.05, 4.69) is 0 Å². The Morgan fingerprint density at radius 1 is 1.05 bits per heavy atom. The molecule has 110 valence electrons. The Balaban J connectivity index is 2.22. The number of carboxylic acid groups (broad SMARTS) is 1. The Kier molecular flexibility index (Phi) is 5.34. The molecule has 0 aliphatic heterocycles. The smallest absolute Gasteiger partial charge is 0.345 e. The molecule has 1 N–H and O–H groups in total. The van der Waals surface area contributed by atoms with Gasteiger partial charge in [0, 0.05) is 6.42 Å². The van der Waals surface area contributed by atoms with Crippen LogP contribution in [-0.4, -0.2) is 17.2 Å². The van der Waals surface area contributed by atoms with Gasteiger partial charge in [-0.2, -0.15) is 0 Å². The molecule has 1 atom stereocenters. The van der Waals surface area contributed by atoms with E-state index in [1.54, 1.807) is 42.5 Å². The van der Waals surface area contributed by atoms with Crippen LogP contribution in [0.3, 0.4) is 0 Å². The molecule has 3 nitrogen and oxygen atoms in total. The summed E-state index contributed by atoms with van der Waals surface area (Å²) in [5, 5.41) is 10.3. The van der Waals surface area contributed by atoms with Crippen LogP contribution in [0.4, 0.5) is 0 Å². The van der Waals surface area contributed by atoms with Gasteiger partial charge in [-0.25, -0.2) is 4.79 Å². The Morgan fingerprint density at radius 2 is 1.71 bits per heavy atom. The first-order valence-corrected chi connectivity index (χ1v) is 7.19. The highest BCUT2D eigenvalue weighted by molar-refractivity contribution is 6.42. The summed E-state index contributed by atoms with van der Waals surface area (Å²) >= 11 is 18.0. The second kappa shape index (κ2) is 7.03. The molecule has 0 saturated carbocycles. The lowest BCUT2D eigenvalue weighted by molar-refractivity contribution is -0.145. The molecule has 2 aromatic rings. The van der Waals surface area contributed by atoms with Crippen LogP contribution in [0.1, 0.15) is 5.56 Å². The first-order chi connectivity index (χ1) is 9.99.